The molecule has 1 radical (unpaired) electrons. The first-order valence-electron chi connectivity index (χ1n) is 2.50. The summed E-state index contributed by atoms with van der Waals surface area (Å²) < 4.78 is 5.05. The molecule has 0 aliphatic carbocycles. The lowest BCUT2D eigenvalue weighted by Crippen LogP contribution is -1.94. The van der Waals surface area contributed by atoms with Gasteiger partial charge in [-0.1, -0.05) is 0 Å². The van der Waals surface area contributed by atoms with E-state index >= 15 is 0 Å². The molecule has 0 saturated carbocycles. The zero-order chi connectivity index (χ0) is 5.40. The third-order valence-corrected chi connectivity index (χ3v) is 1.26. The normalized spacial score (nSPS) is 24.0. The van der Waals surface area contributed by atoms with E-state index in [0.717, 1.165) is 11.3 Å². The molecule has 2 aliphatic rings. The van der Waals surface area contributed by atoms with Crippen LogP contribution in [0, 0.1) is 0 Å². The molecule has 1 saturated heterocycles. The van der Waals surface area contributed by atoms with Crippen LogP contribution in [0.15, 0.2) is 16.9 Å². The Labute approximate surface area is 47.0 Å². The van der Waals surface area contributed by atoms with Crippen molar-refractivity contribution in [3.05, 3.63) is 11.8 Å². The summed E-state index contributed by atoms with van der Waals surface area (Å²) in [7, 11) is 0. The van der Waals surface area contributed by atoms with Gasteiger partial charge in [0.2, 0.25) is 0 Å². The zero-order valence-electron chi connectivity index (χ0n) is 4.29. The second kappa shape index (κ2) is 1.32. The lowest BCUT2D eigenvalue weighted by molar-refractivity contribution is 0.221. The van der Waals surface area contributed by atoms with Crippen molar-refractivity contribution in [2.75, 3.05) is 13.2 Å². The molecular formula is C5H5N2O. The van der Waals surface area contributed by atoms with E-state index in [1.54, 1.807) is 6.20 Å². The molecule has 0 atom stereocenters. The van der Waals surface area contributed by atoms with E-state index in [4.69, 9.17) is 4.74 Å². The first kappa shape index (κ1) is 4.09. The maximum Gasteiger partial charge on any atom is 0.0959 e. The van der Waals surface area contributed by atoms with Crippen molar-refractivity contribution in [1.82, 2.24) is 5.43 Å². The molecule has 0 aromatic carbocycles. The Morgan fingerprint density at radius 3 is 3.38 bits per heavy atom. The fraction of sp³-hybridized carbons (Fsp3) is 0.400. The molecule has 2 rings (SSSR count). The Hall–Kier alpha value is -0.830. The number of nitrogens with zero attached hydrogens (tertiary/aromatic N) is 2. The van der Waals surface area contributed by atoms with Gasteiger partial charge in [-0.2, -0.15) is 10.5 Å². The van der Waals surface area contributed by atoms with E-state index in [2.05, 4.69) is 10.5 Å². The van der Waals surface area contributed by atoms with E-state index < -0.39 is 0 Å². The van der Waals surface area contributed by atoms with Crippen LogP contribution in [-0.2, 0) is 4.74 Å². The monoisotopic (exact) mass is 109 g/mol. The van der Waals surface area contributed by atoms with Crippen molar-refractivity contribution >= 4 is 5.71 Å². The van der Waals surface area contributed by atoms with Gasteiger partial charge >= 0.3 is 0 Å². The van der Waals surface area contributed by atoms with Crippen LogP contribution >= 0.6 is 0 Å². The van der Waals surface area contributed by atoms with Gasteiger partial charge in [-0.3, -0.25) is 0 Å². The minimum atomic E-state index is 0.648. The molecule has 1 fully saturated rings. The maximum absolute atomic E-state index is 5.05. The highest BCUT2D eigenvalue weighted by molar-refractivity contribution is 6.03. The Balaban J connectivity index is 2.37. The average Bonchev–Trinajstić information content (AvgIpc) is 2.15. The van der Waals surface area contributed by atoms with Crippen molar-refractivity contribution in [1.29, 1.82) is 0 Å². The van der Waals surface area contributed by atoms with Crippen molar-refractivity contribution in [3.63, 3.8) is 0 Å². The largest absolute Gasteiger partial charge is 0.370 e. The lowest BCUT2D eigenvalue weighted by Gasteiger charge is -1.81. The zero-order valence-corrected chi connectivity index (χ0v) is 4.29. The molecule has 3 nitrogen and oxygen atoms in total. The first-order valence-corrected chi connectivity index (χ1v) is 2.50. The van der Waals surface area contributed by atoms with E-state index in [-0.39, 0.29) is 0 Å². The van der Waals surface area contributed by atoms with Gasteiger partial charge in [-0.15, -0.1) is 0 Å². The highest BCUT2D eigenvalue weighted by Crippen LogP contribution is 2.11. The van der Waals surface area contributed by atoms with Crippen LogP contribution in [0.5, 0.6) is 0 Å². The Bertz CT molecular complexity index is 153. The minimum Gasteiger partial charge on any atom is -0.370 e. The molecule has 2 heterocycles. The predicted octanol–water partition coefficient (Wildman–Crippen LogP) is -0.126. The van der Waals surface area contributed by atoms with Crippen LogP contribution < -0.4 is 5.43 Å². The van der Waals surface area contributed by atoms with Gasteiger partial charge in [-0.25, -0.2) is 0 Å². The Kier molecular flexibility index (Phi) is 0.676. The summed E-state index contributed by atoms with van der Waals surface area (Å²) in [4.78, 5) is 0. The van der Waals surface area contributed by atoms with Crippen LogP contribution in [0.4, 0.5) is 0 Å². The molecule has 0 N–H and O–H groups in total. The minimum absolute atomic E-state index is 0.648. The molecule has 0 amide bonds. The summed E-state index contributed by atoms with van der Waals surface area (Å²) in [6, 6.07) is 0. The van der Waals surface area contributed by atoms with E-state index in [9.17, 15) is 0 Å². The topological polar surface area (TPSA) is 35.7 Å². The van der Waals surface area contributed by atoms with Crippen molar-refractivity contribution < 1.29 is 4.74 Å². The van der Waals surface area contributed by atoms with Gasteiger partial charge in [0.1, 0.15) is 0 Å². The van der Waals surface area contributed by atoms with Gasteiger partial charge in [0.25, 0.3) is 0 Å². The third-order valence-electron chi connectivity index (χ3n) is 1.26. The summed E-state index contributed by atoms with van der Waals surface area (Å²) in [6.45, 7) is 1.34. The number of hydrogen-bond acceptors (Lipinski definition) is 2. The summed E-state index contributed by atoms with van der Waals surface area (Å²) in [5.41, 5.74) is 5.86. The van der Waals surface area contributed by atoms with E-state index in [1.807, 2.05) is 0 Å². The van der Waals surface area contributed by atoms with Gasteiger partial charge in [0, 0.05) is 5.57 Å². The lowest BCUT2D eigenvalue weighted by atomic mass is 10.2. The molecule has 0 bridgehead atoms. The van der Waals surface area contributed by atoms with Crippen LogP contribution in [0.25, 0.3) is 0 Å². The SMILES string of the molecule is C1=C2COCC2=N[N]1. The van der Waals surface area contributed by atoms with Crippen LogP contribution in [0.3, 0.4) is 0 Å². The first-order chi connectivity index (χ1) is 3.97. The molecule has 2 aliphatic heterocycles. The average molecular weight is 109 g/mol. The van der Waals surface area contributed by atoms with E-state index in [0.29, 0.717) is 13.2 Å². The molecule has 41 valence electrons. The highest BCUT2D eigenvalue weighted by atomic mass is 16.5. The smallest absolute Gasteiger partial charge is 0.0959 e. The molecule has 0 spiro atoms. The van der Waals surface area contributed by atoms with Crippen molar-refractivity contribution in [2.45, 2.75) is 0 Å². The third kappa shape index (κ3) is 0.391. The van der Waals surface area contributed by atoms with E-state index in [1.165, 1.54) is 0 Å². The van der Waals surface area contributed by atoms with Crippen LogP contribution in [0.2, 0.25) is 0 Å². The van der Waals surface area contributed by atoms with Gasteiger partial charge in [0.15, 0.2) is 0 Å². The molecule has 8 heavy (non-hydrogen) atoms. The summed E-state index contributed by atoms with van der Waals surface area (Å²) in [6.07, 6.45) is 1.75. The van der Waals surface area contributed by atoms with Crippen molar-refractivity contribution in [3.8, 4) is 0 Å². The van der Waals surface area contributed by atoms with Crippen molar-refractivity contribution in [2.24, 2.45) is 5.10 Å². The fourth-order valence-corrected chi connectivity index (χ4v) is 0.807. The second-order valence-electron chi connectivity index (χ2n) is 1.81. The second-order valence-corrected chi connectivity index (χ2v) is 1.81. The van der Waals surface area contributed by atoms with Crippen LogP contribution in [0.1, 0.15) is 0 Å². The number of hydrogen-bond donors (Lipinski definition) is 0. The Morgan fingerprint density at radius 1 is 1.50 bits per heavy atom. The summed E-state index contributed by atoms with van der Waals surface area (Å²) in [5.74, 6) is 0. The van der Waals surface area contributed by atoms with Crippen LogP contribution in [-0.4, -0.2) is 18.9 Å². The fourth-order valence-electron chi connectivity index (χ4n) is 0.807. The number of fused-ring (bicyclic) bond motifs is 1. The summed E-state index contributed by atoms with van der Waals surface area (Å²) in [5, 5.41) is 3.82. The quantitative estimate of drug-likeness (QED) is 0.427. The van der Waals surface area contributed by atoms with Gasteiger partial charge in [0.05, 0.1) is 25.1 Å². The summed E-state index contributed by atoms with van der Waals surface area (Å²) >= 11 is 0. The van der Waals surface area contributed by atoms with Gasteiger partial charge < -0.3 is 4.74 Å². The Morgan fingerprint density at radius 2 is 2.50 bits per heavy atom. The number of ether oxygens (including phenoxy) is 1. The standard InChI is InChI=1S/C5H5N2O/c1-4-2-8-3-5(4)7-6-1/h1H,2-3H2. The molecule has 0 unspecified atom stereocenters. The molecule has 0 aromatic rings. The molecule has 0 aromatic heterocycles. The molecule has 3 heteroatoms. The number of rotatable bonds is 0. The highest BCUT2D eigenvalue weighted by Gasteiger charge is 2.19. The maximum atomic E-state index is 5.05. The molecular weight excluding hydrogens is 104 g/mol. The van der Waals surface area contributed by atoms with Gasteiger partial charge in [-0.05, 0) is 0 Å². The predicted molar refractivity (Wildman–Crippen MR) is 28.5 cm³/mol.